The lowest BCUT2D eigenvalue weighted by molar-refractivity contribution is -0.145. The van der Waals surface area contributed by atoms with Crippen LogP contribution >= 0.6 is 0 Å². The number of nitriles is 1. The van der Waals surface area contributed by atoms with Crippen LogP contribution in [0.4, 0.5) is 4.79 Å². The van der Waals surface area contributed by atoms with Gasteiger partial charge in [-0.1, -0.05) is 61.5 Å². The molecule has 0 spiro atoms. The van der Waals surface area contributed by atoms with Crippen LogP contribution in [0.25, 0.3) is 0 Å². The van der Waals surface area contributed by atoms with Gasteiger partial charge in [-0.2, -0.15) is 5.26 Å². The molecule has 2 saturated heterocycles. The van der Waals surface area contributed by atoms with Gasteiger partial charge in [0.05, 0.1) is 43.9 Å². The number of nitrogens with one attached hydrogen (secondary N) is 1. The van der Waals surface area contributed by atoms with Gasteiger partial charge in [-0.05, 0) is 48.3 Å². The summed E-state index contributed by atoms with van der Waals surface area (Å²) in [4.78, 5) is 27.4. The first kappa shape index (κ1) is 28.6. The molecule has 2 aliphatic rings. The second kappa shape index (κ2) is 13.6. The minimum absolute atomic E-state index is 0.0779. The third-order valence-corrected chi connectivity index (χ3v) is 7.60. The molecule has 2 fully saturated rings. The van der Waals surface area contributed by atoms with E-state index in [1.165, 1.54) is 0 Å². The van der Waals surface area contributed by atoms with Crippen molar-refractivity contribution in [1.82, 2.24) is 10.2 Å². The Hall–Kier alpha value is -3.39. The summed E-state index contributed by atoms with van der Waals surface area (Å²) < 4.78 is 10.9. The normalized spacial score (nSPS) is 20.4. The highest BCUT2D eigenvalue weighted by molar-refractivity contribution is 6.43. The van der Waals surface area contributed by atoms with Crippen molar-refractivity contribution in [3.8, 4) is 6.07 Å². The fourth-order valence-electron chi connectivity index (χ4n) is 5.53. The molecule has 5 atom stereocenters. The molecule has 2 aliphatic heterocycles. The van der Waals surface area contributed by atoms with Crippen molar-refractivity contribution in [2.75, 3.05) is 19.8 Å². The molecule has 0 radical (unpaired) electrons. The first-order valence-electron chi connectivity index (χ1n) is 13.6. The summed E-state index contributed by atoms with van der Waals surface area (Å²) in [5.41, 5.74) is 2.83. The average Bonchev–Trinajstić information content (AvgIpc) is 3.17. The number of fused-ring (bicyclic) bond motifs is 2. The molecule has 2 bridgehead atoms. The van der Waals surface area contributed by atoms with Gasteiger partial charge in [-0.3, -0.25) is 4.79 Å². The van der Waals surface area contributed by atoms with Crippen LogP contribution in [0.5, 0.6) is 0 Å². The van der Waals surface area contributed by atoms with Gasteiger partial charge < -0.3 is 29.7 Å². The fourth-order valence-corrected chi connectivity index (χ4v) is 5.53. The Bertz CT molecular complexity index is 1140. The van der Waals surface area contributed by atoms with Gasteiger partial charge in [0.15, 0.2) is 0 Å². The third-order valence-electron chi connectivity index (χ3n) is 7.60. The van der Waals surface area contributed by atoms with Gasteiger partial charge in [-0.25, -0.2) is 4.79 Å². The number of benzene rings is 2. The first-order valence-corrected chi connectivity index (χ1v) is 13.6. The molecule has 3 N–H and O–H groups in total. The molecule has 206 valence electrons. The fraction of sp³-hybridized carbons (Fsp3) is 0.483. The summed E-state index contributed by atoms with van der Waals surface area (Å²) >= 11 is 0. The molecule has 4 unspecified atom stereocenters. The van der Waals surface area contributed by atoms with E-state index in [-0.39, 0.29) is 36.9 Å². The van der Waals surface area contributed by atoms with Crippen LogP contribution in [-0.4, -0.2) is 71.9 Å². The van der Waals surface area contributed by atoms with Crippen molar-refractivity contribution in [2.24, 2.45) is 11.8 Å². The van der Waals surface area contributed by atoms with E-state index in [0.29, 0.717) is 26.1 Å². The summed E-state index contributed by atoms with van der Waals surface area (Å²) in [7, 11) is -1.72. The molecule has 10 heteroatoms. The number of carbonyl (C=O) groups excluding carboxylic acids is 2. The van der Waals surface area contributed by atoms with Crippen LogP contribution in [0.1, 0.15) is 36.5 Å². The van der Waals surface area contributed by atoms with Crippen LogP contribution in [0.2, 0.25) is 0 Å². The molecule has 2 aromatic carbocycles. The quantitative estimate of drug-likeness (QED) is 0.378. The number of rotatable bonds is 11. The highest BCUT2D eigenvalue weighted by Crippen LogP contribution is 2.32. The number of hydrogen-bond acceptors (Lipinski definition) is 7. The smallest absolute Gasteiger partial charge is 0.449 e. The van der Waals surface area contributed by atoms with E-state index in [0.717, 1.165) is 29.5 Å². The van der Waals surface area contributed by atoms with Gasteiger partial charge in [0.25, 0.3) is 0 Å². The zero-order chi connectivity index (χ0) is 27.8. The van der Waals surface area contributed by atoms with E-state index in [1.54, 1.807) is 0 Å². The molecular formula is C29H36BN3O6. The monoisotopic (exact) mass is 533 g/mol. The van der Waals surface area contributed by atoms with Crippen LogP contribution < -0.4 is 5.32 Å². The van der Waals surface area contributed by atoms with E-state index in [9.17, 15) is 24.9 Å². The van der Waals surface area contributed by atoms with Crippen LogP contribution in [0.3, 0.4) is 0 Å². The largest absolute Gasteiger partial charge is 0.475 e. The van der Waals surface area contributed by atoms with E-state index >= 15 is 0 Å². The zero-order valence-corrected chi connectivity index (χ0v) is 22.2. The van der Waals surface area contributed by atoms with Gasteiger partial charge in [0, 0.05) is 6.42 Å². The minimum atomic E-state index is -1.72. The van der Waals surface area contributed by atoms with Gasteiger partial charge in [0.2, 0.25) is 5.91 Å². The van der Waals surface area contributed by atoms with Crippen molar-refractivity contribution >= 4 is 19.1 Å². The Morgan fingerprint density at radius 2 is 1.74 bits per heavy atom. The topological polar surface area (TPSA) is 132 Å². The van der Waals surface area contributed by atoms with Crippen molar-refractivity contribution in [1.29, 1.82) is 5.26 Å². The summed E-state index contributed by atoms with van der Waals surface area (Å²) in [5, 5.41) is 31.7. The van der Waals surface area contributed by atoms with E-state index in [2.05, 4.69) is 11.4 Å². The van der Waals surface area contributed by atoms with Crippen molar-refractivity contribution in [3.63, 3.8) is 0 Å². The average molecular weight is 533 g/mol. The molecular weight excluding hydrogens is 497 g/mol. The number of amides is 2. The molecule has 0 aliphatic carbocycles. The molecule has 39 heavy (non-hydrogen) atoms. The highest BCUT2D eigenvalue weighted by atomic mass is 16.5. The molecule has 2 amide bonds. The van der Waals surface area contributed by atoms with Crippen molar-refractivity contribution in [3.05, 3.63) is 71.3 Å². The Morgan fingerprint density at radius 3 is 2.41 bits per heavy atom. The first-order chi connectivity index (χ1) is 18.9. The van der Waals surface area contributed by atoms with Crippen LogP contribution in [-0.2, 0) is 33.5 Å². The maximum absolute atomic E-state index is 13.3. The summed E-state index contributed by atoms with van der Waals surface area (Å²) in [6.45, 7) is 3.15. The summed E-state index contributed by atoms with van der Waals surface area (Å²) in [6.07, 6.45) is 2.44. The maximum Gasteiger partial charge on any atom is 0.475 e. The van der Waals surface area contributed by atoms with Crippen LogP contribution in [0.15, 0.2) is 54.6 Å². The molecule has 4 rings (SSSR count). The number of alkyl carbamates (subject to hydrolysis) is 1. The molecule has 0 saturated carbocycles. The standard InChI is InChI=1S/C29H36BN3O6/c1-20(26(17-31)28(34)33-24-10-11-25(33)19-38-18-24)14-23-9-5-8-22(15-23)12-13-39-29(35)32-27(30(36)37)16-21-6-3-2-4-7-21/h2-9,15,20,24-27,36-37H,10-14,16,18-19H2,1H3,(H,32,35)/t20?,24?,25?,26?,27-/m0/s1. The molecule has 2 aromatic rings. The van der Waals surface area contributed by atoms with Gasteiger partial charge in [-0.15, -0.1) is 0 Å². The second-order valence-electron chi connectivity index (χ2n) is 10.5. The maximum atomic E-state index is 13.3. The Labute approximate surface area is 229 Å². The lowest BCUT2D eigenvalue weighted by Gasteiger charge is -2.36. The van der Waals surface area contributed by atoms with Crippen molar-refractivity contribution < 1.29 is 29.1 Å². The Balaban J connectivity index is 1.26. The SMILES string of the molecule is CC(Cc1cccc(CCOC(=O)N[C@@H](Cc2ccccc2)B(O)O)c1)C(C#N)C(=O)N1C2CCC1COC2. The van der Waals surface area contributed by atoms with Gasteiger partial charge >= 0.3 is 13.2 Å². The third kappa shape index (κ3) is 7.60. The van der Waals surface area contributed by atoms with Gasteiger partial charge in [0.1, 0.15) is 5.92 Å². The van der Waals surface area contributed by atoms with E-state index < -0.39 is 25.1 Å². The predicted molar refractivity (Wildman–Crippen MR) is 145 cm³/mol. The number of nitrogens with zero attached hydrogens (tertiary/aromatic N) is 2. The highest BCUT2D eigenvalue weighted by Gasteiger charge is 2.43. The zero-order valence-electron chi connectivity index (χ0n) is 22.2. The lowest BCUT2D eigenvalue weighted by atomic mass is 9.76. The van der Waals surface area contributed by atoms with Crippen LogP contribution in [0, 0.1) is 23.2 Å². The van der Waals surface area contributed by atoms with E-state index in [1.807, 2.05) is 66.4 Å². The number of carbonyl (C=O) groups is 2. The second-order valence-corrected chi connectivity index (χ2v) is 10.5. The van der Waals surface area contributed by atoms with E-state index in [4.69, 9.17) is 9.47 Å². The summed E-state index contributed by atoms with van der Waals surface area (Å²) in [5.74, 6) is -1.86. The number of hydrogen-bond donors (Lipinski definition) is 3. The molecule has 0 aromatic heterocycles. The Kier molecular flexibility index (Phi) is 9.98. The summed E-state index contributed by atoms with van der Waals surface area (Å²) in [6, 6.07) is 19.5. The molecule has 2 heterocycles. The Morgan fingerprint density at radius 1 is 1.08 bits per heavy atom. The lowest BCUT2D eigenvalue weighted by Crippen LogP contribution is -2.52. The molecule has 9 nitrogen and oxygen atoms in total. The van der Waals surface area contributed by atoms with Crippen molar-refractivity contribution in [2.45, 2.75) is 57.1 Å². The number of morpholine rings is 1. The predicted octanol–water partition coefficient (Wildman–Crippen LogP) is 2.29. The number of ether oxygens (including phenoxy) is 2. The minimum Gasteiger partial charge on any atom is -0.449 e.